The molecule has 0 aromatic carbocycles. The molecule has 0 aromatic heterocycles. The second-order valence-electron chi connectivity index (χ2n) is 0.676. The Morgan fingerprint density at radius 1 is 1.10 bits per heavy atom. The minimum absolute atomic E-state index is 0. The Hall–Kier alpha value is 0.640. The number of hydrogen-bond donors (Lipinski definition) is 4. The Bertz CT molecular complexity index is 85.3. The van der Waals surface area contributed by atoms with Crippen LogP contribution in [0.15, 0.2) is 0 Å². The number of primary amides is 2. The van der Waals surface area contributed by atoms with Crippen LogP contribution in [0.1, 0.15) is 8.85 Å². The minimum Gasteiger partial charge on any atom is -1.00 e. The van der Waals surface area contributed by atoms with Crippen molar-refractivity contribution in [1.29, 1.82) is 0 Å². The Morgan fingerprint density at radius 3 is 1.10 bits per heavy atom. The van der Waals surface area contributed by atoms with Crippen molar-refractivity contribution in [2.45, 2.75) is 7.43 Å². The topological polar surface area (TPSA) is 86.2 Å². The molecule has 4 N–H and O–H groups in total. The Labute approximate surface area is 94.7 Å². The van der Waals surface area contributed by atoms with Crippen molar-refractivity contribution in [3.63, 3.8) is 0 Å². The van der Waals surface area contributed by atoms with E-state index in [1.807, 2.05) is 0 Å². The fourth-order valence-electron chi connectivity index (χ4n) is 0. The molecule has 0 unspecified atom stereocenters. The van der Waals surface area contributed by atoms with Crippen molar-refractivity contribution in [2.24, 2.45) is 11.5 Å². The summed E-state index contributed by atoms with van der Waals surface area (Å²) >= 11 is 6.21. The molecular formula is C3H11N2NaO2S2. The summed E-state index contributed by atoms with van der Waals surface area (Å²) in [5, 5.41) is -1.28. The van der Waals surface area contributed by atoms with Crippen LogP contribution < -0.4 is 41.0 Å². The van der Waals surface area contributed by atoms with E-state index in [9.17, 15) is 0 Å². The number of amides is 2. The predicted octanol–water partition coefficient (Wildman–Crippen LogP) is -2.26. The molecule has 0 radical (unpaired) electrons. The predicted molar refractivity (Wildman–Crippen MR) is 45.0 cm³/mol. The summed E-state index contributed by atoms with van der Waals surface area (Å²) in [5.41, 5.74) is 8.67. The van der Waals surface area contributed by atoms with Crippen LogP contribution in [0.4, 0.5) is 9.59 Å². The third-order valence-corrected chi connectivity index (χ3v) is 0. The molecule has 0 aliphatic carbocycles. The standard InChI is InChI=1S/2CH3NOS.CH4.Na.H/c2*2-1(3)4;;;/h2*(H3,2,3,4);1H4;;/q;;;+1;-1. The summed E-state index contributed by atoms with van der Waals surface area (Å²) in [6, 6.07) is 0. The van der Waals surface area contributed by atoms with E-state index in [0.717, 1.165) is 0 Å². The van der Waals surface area contributed by atoms with Crippen LogP contribution in [-0.4, -0.2) is 10.5 Å². The fraction of sp³-hybridized carbons (Fsp3) is 0.333. The maximum absolute atomic E-state index is 9.09. The van der Waals surface area contributed by atoms with E-state index in [0.29, 0.717) is 0 Å². The molecule has 0 aliphatic heterocycles. The van der Waals surface area contributed by atoms with E-state index >= 15 is 0 Å². The summed E-state index contributed by atoms with van der Waals surface area (Å²) < 4.78 is 0. The smallest absolute Gasteiger partial charge is 1.00 e. The van der Waals surface area contributed by atoms with E-state index in [1.165, 1.54) is 0 Å². The summed E-state index contributed by atoms with van der Waals surface area (Å²) in [5.74, 6) is 0. The Balaban J connectivity index is -0.0000000171. The Morgan fingerprint density at radius 2 is 1.10 bits per heavy atom. The second kappa shape index (κ2) is 16.3. The van der Waals surface area contributed by atoms with Gasteiger partial charge in [0.05, 0.1) is 0 Å². The third-order valence-electron chi connectivity index (χ3n) is 0. The van der Waals surface area contributed by atoms with Crippen LogP contribution >= 0.6 is 25.3 Å². The van der Waals surface area contributed by atoms with Gasteiger partial charge in [-0.3, -0.25) is 9.59 Å². The SMILES string of the molecule is C.NC(=O)S.NC(=O)S.[H-].[Na+]. The van der Waals surface area contributed by atoms with Gasteiger partial charge < -0.3 is 12.9 Å². The molecule has 0 aromatic rings. The first-order chi connectivity index (χ1) is 3.46. The number of carbonyl (C=O) groups excluding carboxylic acids is 2. The van der Waals surface area contributed by atoms with Gasteiger partial charge >= 0.3 is 29.6 Å². The normalized spacial score (nSPS) is 5.00. The van der Waals surface area contributed by atoms with Crippen LogP contribution in [-0.2, 0) is 0 Å². The first kappa shape index (κ1) is 22.4. The molecule has 0 rings (SSSR count). The van der Waals surface area contributed by atoms with Gasteiger partial charge in [0.2, 0.25) is 0 Å². The van der Waals surface area contributed by atoms with Gasteiger partial charge in [-0.2, -0.15) is 0 Å². The van der Waals surface area contributed by atoms with Crippen molar-refractivity contribution in [3.8, 4) is 0 Å². The molecule has 0 bridgehead atoms. The average Bonchev–Trinajstić information content (AvgIpc) is 1.25. The minimum atomic E-state index is -0.639. The quantitative estimate of drug-likeness (QED) is 0.259. The van der Waals surface area contributed by atoms with E-state index in [4.69, 9.17) is 9.59 Å². The number of rotatable bonds is 0. The van der Waals surface area contributed by atoms with Crippen LogP contribution in [0.3, 0.4) is 0 Å². The van der Waals surface area contributed by atoms with Gasteiger partial charge in [0.1, 0.15) is 0 Å². The molecule has 4 nitrogen and oxygen atoms in total. The summed E-state index contributed by atoms with van der Waals surface area (Å²) in [4.78, 5) is 18.2. The van der Waals surface area contributed by atoms with Gasteiger partial charge in [-0.05, 0) is 0 Å². The molecule has 0 fully saturated rings. The second-order valence-corrected chi connectivity index (χ2v) is 1.56. The summed E-state index contributed by atoms with van der Waals surface area (Å²) in [6.45, 7) is 0. The summed E-state index contributed by atoms with van der Waals surface area (Å²) in [7, 11) is 0. The van der Waals surface area contributed by atoms with Gasteiger partial charge in [0.15, 0.2) is 0 Å². The fourth-order valence-corrected chi connectivity index (χ4v) is 0. The van der Waals surface area contributed by atoms with Crippen LogP contribution in [0.25, 0.3) is 0 Å². The molecule has 7 heteroatoms. The van der Waals surface area contributed by atoms with Crippen molar-refractivity contribution in [2.75, 3.05) is 0 Å². The molecule has 58 valence electrons. The van der Waals surface area contributed by atoms with Crippen molar-refractivity contribution in [1.82, 2.24) is 0 Å². The largest absolute Gasteiger partial charge is 1.00 e. The molecule has 0 aliphatic rings. The van der Waals surface area contributed by atoms with Gasteiger partial charge in [-0.15, -0.1) is 0 Å². The zero-order valence-electron chi connectivity index (χ0n) is 5.87. The molecule has 0 heterocycles. The van der Waals surface area contributed by atoms with Crippen molar-refractivity contribution >= 4 is 35.7 Å². The van der Waals surface area contributed by atoms with E-state index in [1.54, 1.807) is 0 Å². The van der Waals surface area contributed by atoms with Crippen LogP contribution in [0.5, 0.6) is 0 Å². The van der Waals surface area contributed by atoms with Crippen molar-refractivity contribution in [3.05, 3.63) is 0 Å². The molecular weight excluding hydrogens is 183 g/mol. The number of thiol groups is 2. The van der Waals surface area contributed by atoms with Crippen LogP contribution in [0.2, 0.25) is 0 Å². The van der Waals surface area contributed by atoms with E-state index in [-0.39, 0.29) is 38.4 Å². The first-order valence-electron chi connectivity index (χ1n) is 1.43. The number of hydrogen-bond acceptors (Lipinski definition) is 2. The molecule has 0 atom stereocenters. The number of nitrogens with two attached hydrogens (primary N) is 2. The van der Waals surface area contributed by atoms with Gasteiger partial charge in [0.25, 0.3) is 10.5 Å². The Kier molecular flexibility index (Phi) is 36.6. The molecule has 0 spiro atoms. The van der Waals surface area contributed by atoms with Crippen LogP contribution in [0, 0.1) is 0 Å². The van der Waals surface area contributed by atoms with E-state index in [2.05, 4.69) is 36.7 Å². The molecule has 0 saturated carbocycles. The average molecular weight is 194 g/mol. The molecule has 10 heavy (non-hydrogen) atoms. The first-order valence-corrected chi connectivity index (χ1v) is 2.33. The third kappa shape index (κ3) is 1230. The molecule has 0 saturated heterocycles. The zero-order valence-corrected chi connectivity index (χ0v) is 8.65. The van der Waals surface area contributed by atoms with Crippen molar-refractivity contribution < 1.29 is 40.6 Å². The zero-order chi connectivity index (χ0) is 7.15. The van der Waals surface area contributed by atoms with E-state index < -0.39 is 10.5 Å². The van der Waals surface area contributed by atoms with Gasteiger partial charge in [-0.1, -0.05) is 32.7 Å². The van der Waals surface area contributed by atoms with Gasteiger partial charge in [0, 0.05) is 0 Å². The molecule has 2 amide bonds. The monoisotopic (exact) mass is 194 g/mol. The maximum atomic E-state index is 9.09. The summed E-state index contributed by atoms with van der Waals surface area (Å²) in [6.07, 6.45) is 0. The maximum Gasteiger partial charge on any atom is 1.00 e. The number of carbonyl (C=O) groups is 2. The van der Waals surface area contributed by atoms with Gasteiger partial charge in [-0.25, -0.2) is 0 Å².